The minimum atomic E-state index is -0.525. The first-order valence-electron chi connectivity index (χ1n) is 8.07. The molecule has 128 valence electrons. The van der Waals surface area contributed by atoms with Gasteiger partial charge in [0, 0.05) is 24.4 Å². The van der Waals surface area contributed by atoms with E-state index in [4.69, 9.17) is 15.0 Å². The minimum absolute atomic E-state index is 0.0405. The van der Waals surface area contributed by atoms with E-state index in [2.05, 4.69) is 15.5 Å². The summed E-state index contributed by atoms with van der Waals surface area (Å²) in [6, 6.07) is 7.05. The fourth-order valence-corrected chi connectivity index (χ4v) is 3.13. The molecule has 1 aliphatic carbocycles. The molecule has 0 saturated heterocycles. The summed E-state index contributed by atoms with van der Waals surface area (Å²) in [5.41, 5.74) is 6.71. The lowest BCUT2D eigenvalue weighted by Gasteiger charge is -2.20. The highest BCUT2D eigenvalue weighted by Gasteiger charge is 2.32. The second-order valence-corrected chi connectivity index (χ2v) is 6.13. The summed E-state index contributed by atoms with van der Waals surface area (Å²) >= 11 is 0. The van der Waals surface area contributed by atoms with E-state index in [9.17, 15) is 4.79 Å². The Bertz CT molecular complexity index is 715. The van der Waals surface area contributed by atoms with Gasteiger partial charge < -0.3 is 20.3 Å². The Hall–Kier alpha value is -2.41. The van der Waals surface area contributed by atoms with Gasteiger partial charge in [-0.3, -0.25) is 4.79 Å². The van der Waals surface area contributed by atoms with Crippen LogP contribution in [0.1, 0.15) is 42.6 Å². The lowest BCUT2D eigenvalue weighted by atomic mass is 10.0. The van der Waals surface area contributed by atoms with Crippen LogP contribution in [0.3, 0.4) is 0 Å². The molecule has 0 radical (unpaired) electrons. The fourth-order valence-electron chi connectivity index (χ4n) is 3.13. The number of hydrogen-bond acceptors (Lipinski definition) is 6. The molecule has 1 amide bonds. The SMILES string of the molecule is COc1ccccc1C(NC(=O)C1CCC(N)C1)c1noc(C)n1. The first-order chi connectivity index (χ1) is 11.6. The Morgan fingerprint density at radius 3 is 2.83 bits per heavy atom. The highest BCUT2D eigenvalue weighted by molar-refractivity contribution is 5.80. The van der Waals surface area contributed by atoms with Gasteiger partial charge in [0.2, 0.25) is 11.8 Å². The lowest BCUT2D eigenvalue weighted by Crippen LogP contribution is -2.35. The van der Waals surface area contributed by atoms with Gasteiger partial charge in [0.1, 0.15) is 11.8 Å². The van der Waals surface area contributed by atoms with Gasteiger partial charge in [-0.05, 0) is 25.3 Å². The van der Waals surface area contributed by atoms with Gasteiger partial charge >= 0.3 is 0 Å². The van der Waals surface area contributed by atoms with Crippen molar-refractivity contribution in [2.24, 2.45) is 11.7 Å². The van der Waals surface area contributed by atoms with Gasteiger partial charge in [-0.25, -0.2) is 0 Å². The van der Waals surface area contributed by atoms with E-state index in [1.165, 1.54) is 0 Å². The summed E-state index contributed by atoms with van der Waals surface area (Å²) in [5, 5.41) is 7.02. The van der Waals surface area contributed by atoms with Crippen molar-refractivity contribution in [2.75, 3.05) is 7.11 Å². The summed E-state index contributed by atoms with van der Waals surface area (Å²) in [4.78, 5) is 16.9. The van der Waals surface area contributed by atoms with E-state index >= 15 is 0 Å². The summed E-state index contributed by atoms with van der Waals surface area (Å²) in [6.45, 7) is 1.72. The predicted octanol–water partition coefficient (Wildman–Crippen LogP) is 1.72. The van der Waals surface area contributed by atoms with Crippen molar-refractivity contribution in [3.63, 3.8) is 0 Å². The van der Waals surface area contributed by atoms with E-state index in [0.29, 0.717) is 23.9 Å². The number of methoxy groups -OCH3 is 1. The number of carbonyl (C=O) groups is 1. The van der Waals surface area contributed by atoms with E-state index in [0.717, 1.165) is 18.4 Å². The fraction of sp³-hybridized carbons (Fsp3) is 0.471. The number of carbonyl (C=O) groups excluding carboxylic acids is 1. The van der Waals surface area contributed by atoms with Crippen LogP contribution in [0.15, 0.2) is 28.8 Å². The summed E-state index contributed by atoms with van der Waals surface area (Å²) in [7, 11) is 1.59. The number of hydrogen-bond donors (Lipinski definition) is 2. The number of ether oxygens (including phenoxy) is 1. The number of nitrogens with one attached hydrogen (secondary N) is 1. The van der Waals surface area contributed by atoms with Crippen molar-refractivity contribution in [1.82, 2.24) is 15.5 Å². The third kappa shape index (κ3) is 3.41. The zero-order valence-corrected chi connectivity index (χ0v) is 13.9. The van der Waals surface area contributed by atoms with Crippen LogP contribution in [0.2, 0.25) is 0 Å². The standard InChI is InChI=1S/C17H22N4O3/c1-10-19-16(21-24-10)15(13-5-3-4-6-14(13)23-2)20-17(22)11-7-8-12(18)9-11/h3-6,11-12,15H,7-9,18H2,1-2H3,(H,20,22). The van der Waals surface area contributed by atoms with Gasteiger partial charge in [0.15, 0.2) is 5.82 Å². The normalized spacial score (nSPS) is 21.5. The molecule has 1 aromatic carbocycles. The Balaban J connectivity index is 1.89. The molecule has 1 aromatic heterocycles. The zero-order valence-electron chi connectivity index (χ0n) is 13.9. The lowest BCUT2D eigenvalue weighted by molar-refractivity contribution is -0.125. The molecule has 7 nitrogen and oxygen atoms in total. The molecule has 1 heterocycles. The molecule has 3 rings (SSSR count). The molecule has 3 unspecified atom stereocenters. The molecule has 3 atom stereocenters. The second kappa shape index (κ2) is 7.00. The Morgan fingerprint density at radius 2 is 2.21 bits per heavy atom. The average Bonchev–Trinajstić information content (AvgIpc) is 3.21. The predicted molar refractivity (Wildman–Crippen MR) is 87.3 cm³/mol. The maximum atomic E-state index is 12.7. The van der Waals surface area contributed by atoms with Crippen LogP contribution in [-0.2, 0) is 4.79 Å². The van der Waals surface area contributed by atoms with Gasteiger partial charge in [0.05, 0.1) is 7.11 Å². The first kappa shape index (κ1) is 16.4. The van der Waals surface area contributed by atoms with Crippen molar-refractivity contribution in [3.05, 3.63) is 41.5 Å². The van der Waals surface area contributed by atoms with Crippen molar-refractivity contribution in [2.45, 2.75) is 38.3 Å². The Kier molecular flexibility index (Phi) is 4.80. The average molecular weight is 330 g/mol. The van der Waals surface area contributed by atoms with Crippen molar-refractivity contribution in [3.8, 4) is 5.75 Å². The minimum Gasteiger partial charge on any atom is -0.496 e. The summed E-state index contributed by atoms with van der Waals surface area (Å²) in [5.74, 6) is 1.40. The van der Waals surface area contributed by atoms with E-state index < -0.39 is 6.04 Å². The van der Waals surface area contributed by atoms with Gasteiger partial charge in [-0.2, -0.15) is 4.98 Å². The smallest absolute Gasteiger partial charge is 0.224 e. The quantitative estimate of drug-likeness (QED) is 0.865. The van der Waals surface area contributed by atoms with Crippen LogP contribution in [0.25, 0.3) is 0 Å². The molecule has 1 fully saturated rings. The first-order valence-corrected chi connectivity index (χ1v) is 8.07. The van der Waals surface area contributed by atoms with Gasteiger partial charge in [-0.15, -0.1) is 0 Å². The van der Waals surface area contributed by atoms with Gasteiger partial charge in [-0.1, -0.05) is 23.4 Å². The highest BCUT2D eigenvalue weighted by Crippen LogP contribution is 2.30. The molecule has 3 N–H and O–H groups in total. The topological polar surface area (TPSA) is 103 Å². The van der Waals surface area contributed by atoms with E-state index in [1.54, 1.807) is 14.0 Å². The number of nitrogens with two attached hydrogens (primary N) is 1. The summed E-state index contributed by atoms with van der Waals surface area (Å²) in [6.07, 6.45) is 2.38. The van der Waals surface area contributed by atoms with Crippen molar-refractivity contribution in [1.29, 1.82) is 0 Å². The van der Waals surface area contributed by atoms with E-state index in [1.807, 2.05) is 24.3 Å². The number of rotatable bonds is 5. The second-order valence-electron chi connectivity index (χ2n) is 6.13. The number of benzene rings is 1. The highest BCUT2D eigenvalue weighted by atomic mass is 16.5. The van der Waals surface area contributed by atoms with Crippen LogP contribution in [0, 0.1) is 12.8 Å². The molecule has 2 aromatic rings. The molecule has 0 spiro atoms. The van der Waals surface area contributed by atoms with E-state index in [-0.39, 0.29) is 17.9 Å². The summed E-state index contributed by atoms with van der Waals surface area (Å²) < 4.78 is 10.5. The van der Waals surface area contributed by atoms with Crippen LogP contribution in [0.4, 0.5) is 0 Å². The van der Waals surface area contributed by atoms with Crippen molar-refractivity contribution < 1.29 is 14.1 Å². The van der Waals surface area contributed by atoms with Crippen LogP contribution in [-0.4, -0.2) is 29.2 Å². The maximum absolute atomic E-state index is 12.7. The zero-order chi connectivity index (χ0) is 17.1. The molecule has 0 bridgehead atoms. The number of aromatic nitrogens is 2. The largest absolute Gasteiger partial charge is 0.496 e. The van der Waals surface area contributed by atoms with Crippen LogP contribution >= 0.6 is 0 Å². The van der Waals surface area contributed by atoms with Crippen LogP contribution in [0.5, 0.6) is 5.75 Å². The molecular weight excluding hydrogens is 308 g/mol. The Morgan fingerprint density at radius 1 is 1.42 bits per heavy atom. The maximum Gasteiger partial charge on any atom is 0.224 e. The third-order valence-corrected chi connectivity index (χ3v) is 4.38. The monoisotopic (exact) mass is 330 g/mol. The number of amides is 1. The molecule has 7 heteroatoms. The van der Waals surface area contributed by atoms with Crippen molar-refractivity contribution >= 4 is 5.91 Å². The number of para-hydroxylation sites is 1. The third-order valence-electron chi connectivity index (χ3n) is 4.38. The molecule has 1 saturated carbocycles. The van der Waals surface area contributed by atoms with Crippen LogP contribution < -0.4 is 15.8 Å². The molecule has 24 heavy (non-hydrogen) atoms. The Labute approximate surface area is 140 Å². The number of nitrogens with zero attached hydrogens (tertiary/aromatic N) is 2. The molecule has 1 aliphatic rings. The molecular formula is C17H22N4O3. The van der Waals surface area contributed by atoms with Gasteiger partial charge in [0.25, 0.3) is 0 Å². The number of aryl methyl sites for hydroxylation is 1. The molecule has 0 aliphatic heterocycles.